The number of aromatic nitrogens is 2. The molecule has 0 aliphatic carbocycles. The highest BCUT2D eigenvalue weighted by Crippen LogP contribution is 2.27. The molecule has 5 N–H and O–H groups in total. The topological polar surface area (TPSA) is 99.4 Å². The van der Waals surface area contributed by atoms with E-state index in [0.29, 0.717) is 22.9 Å². The Morgan fingerprint density at radius 3 is 2.85 bits per heavy atom. The van der Waals surface area contributed by atoms with Gasteiger partial charge >= 0.3 is 5.82 Å². The molecule has 6 nitrogen and oxygen atoms in total. The molecular weight excluding hydrogens is 358 g/mol. The number of fused-ring (bicyclic) bond motifs is 1. The van der Waals surface area contributed by atoms with E-state index in [1.54, 1.807) is 17.3 Å². The maximum atomic E-state index is 10.9. The Morgan fingerprint density at radius 2 is 2.04 bits per heavy atom. The number of hydrogen-bond acceptors (Lipinski definition) is 6. The van der Waals surface area contributed by atoms with Crippen molar-refractivity contribution in [3.05, 3.63) is 71.2 Å². The highest BCUT2D eigenvalue weighted by molar-refractivity contribution is 7.16. The van der Waals surface area contributed by atoms with Crippen molar-refractivity contribution in [1.82, 2.24) is 4.98 Å². The Bertz CT molecular complexity index is 1120. The highest BCUT2D eigenvalue weighted by atomic mass is 32.1. The fourth-order valence-electron chi connectivity index (χ4n) is 2.93. The van der Waals surface area contributed by atoms with Crippen LogP contribution in [0, 0.1) is 0 Å². The molecule has 0 bridgehead atoms. The fraction of sp³-hybridized carbons (Fsp3) is 0.0500. The van der Waals surface area contributed by atoms with Gasteiger partial charge in [-0.25, -0.2) is 4.98 Å². The summed E-state index contributed by atoms with van der Waals surface area (Å²) < 4.78 is 0. The Kier molecular flexibility index (Phi) is 4.53. The average Bonchev–Trinajstić information content (AvgIpc) is 3.17. The number of carbonyl (C=O) groups is 1. The first-order valence-electron chi connectivity index (χ1n) is 8.37. The number of nitrogen functional groups attached to an aromatic ring is 1. The van der Waals surface area contributed by atoms with E-state index in [-0.39, 0.29) is 0 Å². The van der Waals surface area contributed by atoms with Crippen molar-refractivity contribution in [2.24, 2.45) is 5.84 Å². The second-order valence-electron chi connectivity index (χ2n) is 6.15. The van der Waals surface area contributed by atoms with E-state index >= 15 is 0 Å². The number of hydrogen-bond donors (Lipinski definition) is 2. The second kappa shape index (κ2) is 7.14. The molecule has 0 aliphatic rings. The van der Waals surface area contributed by atoms with Gasteiger partial charge in [-0.2, -0.15) is 10.9 Å². The number of thiophene rings is 1. The van der Waals surface area contributed by atoms with E-state index in [2.05, 4.69) is 16.0 Å². The van der Waals surface area contributed by atoms with Crippen LogP contribution in [0.4, 0.5) is 11.5 Å². The molecule has 0 spiro atoms. The average molecular weight is 376 g/mol. The van der Waals surface area contributed by atoms with E-state index in [4.69, 9.17) is 11.6 Å². The third-order valence-corrected chi connectivity index (χ3v) is 5.32. The number of nitrogens with zero attached hydrogens (tertiary/aromatic N) is 2. The summed E-state index contributed by atoms with van der Waals surface area (Å²) in [5.41, 5.74) is 9.53. The Labute approximate surface area is 160 Å². The molecule has 0 amide bonds. The number of hydrazine groups is 1. The number of carbonyl (C=O) groups excluding carboxylic acids is 1. The zero-order chi connectivity index (χ0) is 18.8. The molecule has 4 aromatic rings. The Morgan fingerprint density at radius 1 is 1.15 bits per heavy atom. The summed E-state index contributed by atoms with van der Waals surface area (Å²) in [7, 11) is 0. The van der Waals surface area contributed by atoms with Crippen LogP contribution < -0.4 is 21.6 Å². The van der Waals surface area contributed by atoms with Gasteiger partial charge in [-0.3, -0.25) is 9.78 Å². The minimum Gasteiger partial charge on any atom is -0.392 e. The zero-order valence-electron chi connectivity index (χ0n) is 14.4. The third-order valence-electron chi connectivity index (χ3n) is 4.27. The van der Waals surface area contributed by atoms with E-state index in [1.807, 2.05) is 42.5 Å². The second-order valence-corrected chi connectivity index (χ2v) is 7.27. The van der Waals surface area contributed by atoms with Gasteiger partial charge in [-0.15, -0.1) is 11.3 Å². The number of anilines is 2. The van der Waals surface area contributed by atoms with E-state index in [9.17, 15) is 4.79 Å². The van der Waals surface area contributed by atoms with Gasteiger partial charge in [0.2, 0.25) is 0 Å². The number of nitrogens with one attached hydrogen (secondary N) is 1. The lowest BCUT2D eigenvalue weighted by Gasteiger charge is -2.13. The van der Waals surface area contributed by atoms with Crippen LogP contribution in [0.5, 0.6) is 0 Å². The van der Waals surface area contributed by atoms with E-state index < -0.39 is 0 Å². The SMILES string of the molecule is Nc1ccc(-c2ccc(C=O)s2)[nH+]c1N(N)Cc1ccc2ncccc2c1. The lowest BCUT2D eigenvalue weighted by atomic mass is 10.1. The number of benzene rings is 1. The normalized spacial score (nSPS) is 10.9. The van der Waals surface area contributed by atoms with Gasteiger partial charge in [0.05, 0.1) is 15.3 Å². The van der Waals surface area contributed by atoms with E-state index in [0.717, 1.165) is 33.3 Å². The molecule has 1 aromatic carbocycles. The molecule has 0 atom stereocenters. The molecule has 0 fully saturated rings. The van der Waals surface area contributed by atoms with Gasteiger partial charge in [0.15, 0.2) is 6.29 Å². The van der Waals surface area contributed by atoms with Crippen molar-refractivity contribution in [3.63, 3.8) is 0 Å². The number of aromatic amines is 1. The van der Waals surface area contributed by atoms with Crippen molar-refractivity contribution < 1.29 is 9.78 Å². The van der Waals surface area contributed by atoms with Crippen molar-refractivity contribution in [2.75, 3.05) is 10.7 Å². The van der Waals surface area contributed by atoms with Crippen LogP contribution in [0.2, 0.25) is 0 Å². The first-order valence-corrected chi connectivity index (χ1v) is 9.19. The first-order chi connectivity index (χ1) is 13.1. The van der Waals surface area contributed by atoms with Gasteiger partial charge in [0, 0.05) is 11.6 Å². The monoisotopic (exact) mass is 376 g/mol. The van der Waals surface area contributed by atoms with Crippen LogP contribution in [-0.2, 0) is 6.54 Å². The summed E-state index contributed by atoms with van der Waals surface area (Å²) in [5, 5.41) is 2.65. The summed E-state index contributed by atoms with van der Waals surface area (Å²) in [6.07, 6.45) is 2.62. The molecule has 4 rings (SSSR count). The Balaban J connectivity index is 1.62. The molecule has 0 radical (unpaired) electrons. The van der Waals surface area contributed by atoms with E-state index in [1.165, 1.54) is 11.3 Å². The first kappa shape index (κ1) is 17.1. The van der Waals surface area contributed by atoms with Crippen molar-refractivity contribution in [2.45, 2.75) is 6.54 Å². The van der Waals surface area contributed by atoms with Crippen LogP contribution in [0.3, 0.4) is 0 Å². The van der Waals surface area contributed by atoms with Gasteiger partial charge in [0.1, 0.15) is 17.9 Å². The smallest absolute Gasteiger partial charge is 0.316 e. The molecule has 7 heteroatoms. The fourth-order valence-corrected chi connectivity index (χ4v) is 3.74. The standard InChI is InChI=1S/C20H17N5OS/c21-16-5-7-18(19-8-4-15(12-26)27-19)24-20(16)25(22)11-13-3-6-17-14(10-13)2-1-9-23-17/h1-10,12H,11,21-22H2/p+1. The molecule has 27 heavy (non-hydrogen) atoms. The quantitative estimate of drug-likeness (QED) is 0.317. The van der Waals surface area contributed by atoms with Gasteiger partial charge in [-0.05, 0) is 48.0 Å². The van der Waals surface area contributed by atoms with Gasteiger partial charge < -0.3 is 5.73 Å². The molecule has 0 aliphatic heterocycles. The zero-order valence-corrected chi connectivity index (χ0v) is 15.2. The third kappa shape index (κ3) is 3.51. The Hall–Kier alpha value is -3.29. The maximum Gasteiger partial charge on any atom is 0.316 e. The van der Waals surface area contributed by atoms with Crippen LogP contribution in [0.25, 0.3) is 21.5 Å². The molecule has 3 heterocycles. The number of aldehydes is 1. The van der Waals surface area contributed by atoms with Crippen LogP contribution >= 0.6 is 11.3 Å². The van der Waals surface area contributed by atoms with Crippen LogP contribution in [0.1, 0.15) is 15.2 Å². The van der Waals surface area contributed by atoms with Crippen LogP contribution in [-0.4, -0.2) is 11.3 Å². The van der Waals surface area contributed by atoms with Gasteiger partial charge in [0.25, 0.3) is 0 Å². The van der Waals surface area contributed by atoms with Crippen LogP contribution in [0.15, 0.2) is 60.8 Å². The summed E-state index contributed by atoms with van der Waals surface area (Å²) in [4.78, 5) is 20.2. The number of nitrogens with two attached hydrogens (primary N) is 2. The number of pyridine rings is 2. The van der Waals surface area contributed by atoms with Crippen molar-refractivity contribution >= 4 is 40.0 Å². The summed E-state index contributed by atoms with van der Waals surface area (Å²) in [5.74, 6) is 6.93. The predicted octanol–water partition coefficient (Wildman–Crippen LogP) is 3.05. The number of rotatable bonds is 5. The molecule has 0 saturated heterocycles. The number of H-pyrrole nitrogens is 1. The largest absolute Gasteiger partial charge is 0.392 e. The summed E-state index contributed by atoms with van der Waals surface area (Å²) in [6, 6.07) is 17.4. The molecule has 0 saturated carbocycles. The molecule has 0 unspecified atom stereocenters. The highest BCUT2D eigenvalue weighted by Gasteiger charge is 2.19. The van der Waals surface area contributed by atoms with Crippen molar-refractivity contribution in [1.29, 1.82) is 0 Å². The summed E-state index contributed by atoms with van der Waals surface area (Å²) >= 11 is 1.41. The lowest BCUT2D eigenvalue weighted by molar-refractivity contribution is -0.349. The predicted molar refractivity (Wildman–Crippen MR) is 108 cm³/mol. The molecular formula is C20H18N5OS+. The lowest BCUT2D eigenvalue weighted by Crippen LogP contribution is -2.36. The summed E-state index contributed by atoms with van der Waals surface area (Å²) in [6.45, 7) is 0.485. The molecule has 134 valence electrons. The minimum absolute atomic E-state index is 0.485. The minimum atomic E-state index is 0.485. The molecule has 3 aromatic heterocycles. The maximum absolute atomic E-state index is 10.9. The van der Waals surface area contributed by atoms with Crippen molar-refractivity contribution in [3.8, 4) is 10.6 Å². The van der Waals surface area contributed by atoms with Gasteiger partial charge in [-0.1, -0.05) is 12.1 Å².